The number of nitrogens with zero attached hydrogens (tertiary/aromatic N) is 3. The molecule has 1 fully saturated rings. The summed E-state index contributed by atoms with van der Waals surface area (Å²) in [7, 11) is 0. The smallest absolute Gasteiger partial charge is 0.345 e. The minimum Gasteiger partial charge on any atom is -0.477 e. The lowest BCUT2D eigenvalue weighted by Crippen LogP contribution is -2.46. The fourth-order valence-corrected chi connectivity index (χ4v) is 5.34. The third-order valence-electron chi connectivity index (χ3n) is 5.39. The zero-order valence-electron chi connectivity index (χ0n) is 14.1. The van der Waals surface area contributed by atoms with Gasteiger partial charge in [0.1, 0.15) is 28.3 Å². The van der Waals surface area contributed by atoms with Gasteiger partial charge in [0.2, 0.25) is 0 Å². The first-order valence-electron chi connectivity index (χ1n) is 8.70. The number of H-pyrrole nitrogens is 1. The Morgan fingerprint density at radius 1 is 1.35 bits per heavy atom. The standard InChI is InChI=1S/C18H18N4O3S/c23-17(24)13-9-11-2-8-25-18(14(11)26-13)3-6-22(7-4-18)16-12-1-5-19-15(12)20-10-21-16/h1,5,9-10H,2-4,6-8H2,(H,23,24)(H,19,20,21). The summed E-state index contributed by atoms with van der Waals surface area (Å²) in [5, 5.41) is 10.4. The summed E-state index contributed by atoms with van der Waals surface area (Å²) in [6.07, 6.45) is 5.92. The number of anilines is 1. The van der Waals surface area contributed by atoms with Gasteiger partial charge in [0.15, 0.2) is 0 Å². The first kappa shape index (κ1) is 15.8. The van der Waals surface area contributed by atoms with E-state index in [1.165, 1.54) is 11.3 Å². The lowest BCUT2D eigenvalue weighted by Gasteiger charge is -2.44. The van der Waals surface area contributed by atoms with Crippen LogP contribution in [-0.4, -0.2) is 45.7 Å². The molecule has 26 heavy (non-hydrogen) atoms. The Morgan fingerprint density at radius 2 is 2.19 bits per heavy atom. The average molecular weight is 370 g/mol. The molecule has 0 saturated carbocycles. The van der Waals surface area contributed by atoms with Gasteiger partial charge in [-0.05, 0) is 37.0 Å². The second-order valence-corrected chi connectivity index (χ2v) is 7.84. The monoisotopic (exact) mass is 370 g/mol. The summed E-state index contributed by atoms with van der Waals surface area (Å²) in [5.74, 6) is 0.0901. The van der Waals surface area contributed by atoms with Crippen molar-refractivity contribution >= 4 is 34.2 Å². The van der Waals surface area contributed by atoms with Gasteiger partial charge < -0.3 is 19.7 Å². The summed E-state index contributed by atoms with van der Waals surface area (Å²) in [4.78, 5) is 27.0. The van der Waals surface area contributed by atoms with Crippen LogP contribution in [0.3, 0.4) is 0 Å². The molecule has 2 N–H and O–H groups in total. The van der Waals surface area contributed by atoms with E-state index in [-0.39, 0.29) is 5.60 Å². The molecule has 0 bridgehead atoms. The number of aromatic nitrogens is 3. The molecule has 5 heterocycles. The van der Waals surface area contributed by atoms with Crippen LogP contribution in [0.25, 0.3) is 11.0 Å². The highest BCUT2D eigenvalue weighted by atomic mass is 32.1. The molecule has 2 aliphatic rings. The molecule has 0 radical (unpaired) electrons. The number of nitrogens with one attached hydrogen (secondary N) is 1. The van der Waals surface area contributed by atoms with Gasteiger partial charge >= 0.3 is 5.97 Å². The molecule has 8 heteroatoms. The molecule has 0 atom stereocenters. The van der Waals surface area contributed by atoms with Crippen LogP contribution in [0.5, 0.6) is 0 Å². The van der Waals surface area contributed by atoms with Gasteiger partial charge in [-0.2, -0.15) is 0 Å². The summed E-state index contributed by atoms with van der Waals surface area (Å²) >= 11 is 1.38. The van der Waals surface area contributed by atoms with E-state index in [9.17, 15) is 9.90 Å². The fraction of sp³-hybridized carbons (Fsp3) is 0.389. The molecule has 1 saturated heterocycles. The Hall–Kier alpha value is -2.45. The van der Waals surface area contributed by atoms with Gasteiger partial charge in [0, 0.05) is 24.2 Å². The van der Waals surface area contributed by atoms with Crippen molar-refractivity contribution in [3.05, 3.63) is 40.0 Å². The maximum absolute atomic E-state index is 11.4. The van der Waals surface area contributed by atoms with E-state index in [0.717, 1.165) is 59.6 Å². The van der Waals surface area contributed by atoms with Crippen molar-refractivity contribution < 1.29 is 14.6 Å². The molecule has 2 aliphatic heterocycles. The predicted octanol–water partition coefficient (Wildman–Crippen LogP) is 2.79. The van der Waals surface area contributed by atoms with E-state index in [4.69, 9.17) is 4.74 Å². The molecule has 5 rings (SSSR count). The second kappa shape index (κ2) is 5.78. The highest BCUT2D eigenvalue weighted by Gasteiger charge is 2.43. The van der Waals surface area contributed by atoms with Crippen LogP contribution in [0.2, 0.25) is 0 Å². The number of hydrogen-bond acceptors (Lipinski definition) is 6. The van der Waals surface area contributed by atoms with E-state index < -0.39 is 5.97 Å². The Bertz CT molecular complexity index is 987. The first-order chi connectivity index (χ1) is 12.7. The van der Waals surface area contributed by atoms with Crippen LogP contribution in [0, 0.1) is 0 Å². The molecule has 0 aromatic carbocycles. The van der Waals surface area contributed by atoms with Crippen molar-refractivity contribution in [3.8, 4) is 0 Å². The van der Waals surface area contributed by atoms with Crippen molar-refractivity contribution in [2.24, 2.45) is 0 Å². The minimum atomic E-state index is -0.854. The SMILES string of the molecule is O=C(O)c1cc2c(s1)C1(CCN(c3ncnc4[nH]ccc34)CC1)OCC2. The maximum Gasteiger partial charge on any atom is 0.345 e. The Balaban J connectivity index is 1.44. The Labute approximate surface area is 153 Å². The lowest BCUT2D eigenvalue weighted by molar-refractivity contribution is -0.0735. The third kappa shape index (κ3) is 2.33. The number of aromatic amines is 1. The van der Waals surface area contributed by atoms with E-state index in [1.54, 1.807) is 6.33 Å². The summed E-state index contributed by atoms with van der Waals surface area (Å²) in [5.41, 5.74) is 1.63. The molecule has 0 amide bonds. The Kier molecular flexibility index (Phi) is 3.51. The largest absolute Gasteiger partial charge is 0.477 e. The number of fused-ring (bicyclic) bond motifs is 3. The zero-order valence-corrected chi connectivity index (χ0v) is 14.9. The summed E-state index contributed by atoms with van der Waals surface area (Å²) in [6, 6.07) is 3.83. The normalized spacial score (nSPS) is 19.0. The number of aromatic carboxylic acids is 1. The summed E-state index contributed by atoms with van der Waals surface area (Å²) < 4.78 is 6.23. The average Bonchev–Trinajstić information content (AvgIpc) is 3.30. The number of carboxylic acids is 1. The number of hydrogen-bond donors (Lipinski definition) is 2. The molecule has 134 valence electrons. The molecule has 1 spiro atoms. The highest BCUT2D eigenvalue weighted by Crippen LogP contribution is 2.46. The van der Waals surface area contributed by atoms with Crippen LogP contribution in [-0.2, 0) is 16.8 Å². The van der Waals surface area contributed by atoms with E-state index in [0.29, 0.717) is 11.5 Å². The van der Waals surface area contributed by atoms with Crippen molar-refractivity contribution in [3.63, 3.8) is 0 Å². The van der Waals surface area contributed by atoms with Gasteiger partial charge in [0.25, 0.3) is 0 Å². The maximum atomic E-state index is 11.4. The molecule has 3 aromatic rings. The predicted molar refractivity (Wildman–Crippen MR) is 97.9 cm³/mol. The van der Waals surface area contributed by atoms with Gasteiger partial charge in [-0.1, -0.05) is 0 Å². The number of ether oxygens (including phenoxy) is 1. The molecule has 7 nitrogen and oxygen atoms in total. The van der Waals surface area contributed by atoms with E-state index in [2.05, 4.69) is 19.9 Å². The van der Waals surface area contributed by atoms with Crippen LogP contribution >= 0.6 is 11.3 Å². The number of rotatable bonds is 2. The van der Waals surface area contributed by atoms with Crippen molar-refractivity contribution in [2.45, 2.75) is 24.9 Å². The minimum absolute atomic E-state index is 0.354. The number of piperidine rings is 1. The third-order valence-corrected chi connectivity index (χ3v) is 6.74. The van der Waals surface area contributed by atoms with Crippen LogP contribution in [0.1, 0.15) is 33.0 Å². The van der Waals surface area contributed by atoms with Gasteiger partial charge in [-0.3, -0.25) is 0 Å². The number of carbonyl (C=O) groups is 1. The molecule has 0 aliphatic carbocycles. The first-order valence-corrected chi connectivity index (χ1v) is 9.51. The summed E-state index contributed by atoms with van der Waals surface area (Å²) in [6.45, 7) is 2.28. The van der Waals surface area contributed by atoms with Crippen LogP contribution in [0.4, 0.5) is 5.82 Å². The van der Waals surface area contributed by atoms with Gasteiger partial charge in [0.05, 0.1) is 12.0 Å². The van der Waals surface area contributed by atoms with Gasteiger partial charge in [-0.25, -0.2) is 14.8 Å². The number of thiophene rings is 1. The van der Waals surface area contributed by atoms with Crippen LogP contribution < -0.4 is 4.90 Å². The fourth-order valence-electron chi connectivity index (χ4n) is 4.09. The number of carboxylic acid groups (broad SMARTS) is 1. The lowest BCUT2D eigenvalue weighted by atomic mass is 9.85. The van der Waals surface area contributed by atoms with E-state index in [1.807, 2.05) is 18.3 Å². The van der Waals surface area contributed by atoms with E-state index >= 15 is 0 Å². The molecular formula is C18H18N4O3S. The van der Waals surface area contributed by atoms with Crippen molar-refractivity contribution in [1.29, 1.82) is 0 Å². The highest BCUT2D eigenvalue weighted by molar-refractivity contribution is 7.14. The quantitative estimate of drug-likeness (QED) is 0.721. The van der Waals surface area contributed by atoms with Crippen molar-refractivity contribution in [1.82, 2.24) is 15.0 Å². The zero-order chi connectivity index (χ0) is 17.7. The molecular weight excluding hydrogens is 352 g/mol. The van der Waals surface area contributed by atoms with Gasteiger partial charge in [-0.15, -0.1) is 11.3 Å². The van der Waals surface area contributed by atoms with Crippen LogP contribution in [0.15, 0.2) is 24.7 Å². The topological polar surface area (TPSA) is 91.3 Å². The Morgan fingerprint density at radius 3 is 3.00 bits per heavy atom. The second-order valence-electron chi connectivity index (χ2n) is 6.79. The molecule has 3 aromatic heterocycles. The molecule has 0 unspecified atom stereocenters. The van der Waals surface area contributed by atoms with Crippen molar-refractivity contribution in [2.75, 3.05) is 24.6 Å².